The smallest absolute Gasteiger partial charge is 0.326 e. The minimum absolute atomic E-state index is 0.538. The molecule has 0 aliphatic rings. The van der Waals surface area contributed by atoms with Gasteiger partial charge in [0.1, 0.15) is 17.7 Å². The molecule has 0 aliphatic carbocycles. The Morgan fingerprint density at radius 2 is 2.11 bits per heavy atom. The van der Waals surface area contributed by atoms with Gasteiger partial charge in [0.15, 0.2) is 0 Å². The Morgan fingerprint density at radius 3 is 2.61 bits per heavy atom. The zero-order valence-electron chi connectivity index (χ0n) is 11.2. The number of carbonyl (C=O) groups is 1. The summed E-state index contributed by atoms with van der Waals surface area (Å²) < 4.78 is 5.14. The number of aliphatic hydroxyl groups excluding tert-OH is 1. The number of hydrogen-bond donors (Lipinski definition) is 2. The van der Waals surface area contributed by atoms with Gasteiger partial charge in [-0.25, -0.2) is 0 Å². The van der Waals surface area contributed by atoms with E-state index in [0.717, 1.165) is 0 Å². The molecule has 1 rings (SSSR count). The van der Waals surface area contributed by atoms with E-state index < -0.39 is 23.7 Å². The number of rotatable bonds is 3. The van der Waals surface area contributed by atoms with Crippen LogP contribution in [0.5, 0.6) is 0 Å². The maximum absolute atomic E-state index is 11.8. The molecule has 0 aromatic carbocycles. The molecule has 0 spiro atoms. The van der Waals surface area contributed by atoms with Gasteiger partial charge in [-0.1, -0.05) is 6.07 Å². The van der Waals surface area contributed by atoms with Crippen LogP contribution in [0.3, 0.4) is 0 Å². The van der Waals surface area contributed by atoms with Gasteiger partial charge in [-0.2, -0.15) is 0 Å². The Balaban J connectivity index is 2.82. The van der Waals surface area contributed by atoms with Crippen molar-refractivity contribution in [2.24, 2.45) is 5.73 Å². The predicted molar refractivity (Wildman–Crippen MR) is 67.8 cm³/mol. The number of nitrogens with zero attached hydrogens (tertiary/aromatic N) is 1. The SMILES string of the molecule is Cc1ncccc1[C@@H](O)[C@@H](N)C(=O)OC(C)(C)C. The number of carbonyl (C=O) groups excluding carboxylic acids is 1. The van der Waals surface area contributed by atoms with Crippen molar-refractivity contribution in [3.8, 4) is 0 Å². The first-order chi connectivity index (χ1) is 8.22. The molecule has 1 aromatic heterocycles. The summed E-state index contributed by atoms with van der Waals surface area (Å²) in [4.78, 5) is 15.8. The van der Waals surface area contributed by atoms with Gasteiger partial charge in [0.05, 0.1) is 0 Å². The highest BCUT2D eigenvalue weighted by Gasteiger charge is 2.29. The fraction of sp³-hybridized carbons (Fsp3) is 0.538. The summed E-state index contributed by atoms with van der Waals surface area (Å²) in [6, 6.07) is 2.26. The van der Waals surface area contributed by atoms with Crippen LogP contribution in [-0.2, 0) is 9.53 Å². The molecule has 0 aliphatic heterocycles. The third-order valence-corrected chi connectivity index (χ3v) is 2.39. The molecule has 0 saturated carbocycles. The van der Waals surface area contributed by atoms with E-state index in [1.54, 1.807) is 46.0 Å². The molecule has 0 amide bonds. The minimum Gasteiger partial charge on any atom is -0.459 e. The molecule has 100 valence electrons. The number of aromatic nitrogens is 1. The lowest BCUT2D eigenvalue weighted by molar-refractivity contribution is -0.159. The second-order valence-electron chi connectivity index (χ2n) is 5.18. The average Bonchev–Trinajstić information content (AvgIpc) is 2.25. The second-order valence-corrected chi connectivity index (χ2v) is 5.18. The van der Waals surface area contributed by atoms with E-state index in [9.17, 15) is 9.90 Å². The molecule has 1 aromatic rings. The number of aliphatic hydroxyl groups is 1. The zero-order chi connectivity index (χ0) is 13.9. The fourth-order valence-corrected chi connectivity index (χ4v) is 1.50. The third kappa shape index (κ3) is 3.78. The largest absolute Gasteiger partial charge is 0.459 e. The van der Waals surface area contributed by atoms with Crippen molar-refractivity contribution in [2.75, 3.05) is 0 Å². The van der Waals surface area contributed by atoms with Crippen molar-refractivity contribution in [3.05, 3.63) is 29.6 Å². The summed E-state index contributed by atoms with van der Waals surface area (Å²) in [6.07, 6.45) is 0.499. The molecule has 0 unspecified atom stereocenters. The van der Waals surface area contributed by atoms with Gasteiger partial charge >= 0.3 is 5.97 Å². The highest BCUT2D eigenvalue weighted by atomic mass is 16.6. The lowest BCUT2D eigenvalue weighted by Crippen LogP contribution is -2.41. The first kappa shape index (κ1) is 14.6. The summed E-state index contributed by atoms with van der Waals surface area (Å²) in [5.41, 5.74) is 6.27. The summed E-state index contributed by atoms with van der Waals surface area (Å²) in [6.45, 7) is 7.00. The lowest BCUT2D eigenvalue weighted by Gasteiger charge is -2.25. The van der Waals surface area contributed by atoms with Gasteiger partial charge in [-0.05, 0) is 33.8 Å². The summed E-state index contributed by atoms with van der Waals surface area (Å²) >= 11 is 0. The standard InChI is InChI=1S/C13H20N2O3/c1-8-9(6-5-7-15-8)11(16)10(14)12(17)18-13(2,3)4/h5-7,10-11,16H,14H2,1-4H3/t10-,11-/m1/s1. The van der Waals surface area contributed by atoms with Crippen molar-refractivity contribution in [2.45, 2.75) is 45.4 Å². The number of nitrogens with two attached hydrogens (primary N) is 1. The van der Waals surface area contributed by atoms with Crippen LogP contribution in [-0.4, -0.2) is 27.7 Å². The van der Waals surface area contributed by atoms with Gasteiger partial charge in [0.2, 0.25) is 0 Å². The van der Waals surface area contributed by atoms with Gasteiger partial charge in [0.25, 0.3) is 0 Å². The zero-order valence-corrected chi connectivity index (χ0v) is 11.2. The first-order valence-electron chi connectivity index (χ1n) is 5.80. The van der Waals surface area contributed by atoms with Crippen LogP contribution in [0.1, 0.15) is 38.1 Å². The quantitative estimate of drug-likeness (QED) is 0.787. The van der Waals surface area contributed by atoms with Crippen LogP contribution >= 0.6 is 0 Å². The molecule has 0 fully saturated rings. The van der Waals surface area contributed by atoms with Crippen molar-refractivity contribution in [1.29, 1.82) is 0 Å². The molecule has 0 saturated heterocycles. The summed E-state index contributed by atoms with van der Waals surface area (Å²) in [7, 11) is 0. The fourth-order valence-electron chi connectivity index (χ4n) is 1.50. The maximum atomic E-state index is 11.8. The monoisotopic (exact) mass is 252 g/mol. The minimum atomic E-state index is -1.12. The molecule has 0 bridgehead atoms. The van der Waals surface area contributed by atoms with Crippen LogP contribution < -0.4 is 5.73 Å². The number of esters is 1. The average molecular weight is 252 g/mol. The molecule has 1 heterocycles. The number of hydrogen-bond acceptors (Lipinski definition) is 5. The van der Waals surface area contributed by atoms with E-state index in [1.165, 1.54) is 0 Å². The van der Waals surface area contributed by atoms with Gasteiger partial charge in [0, 0.05) is 17.5 Å². The number of aryl methyl sites for hydroxylation is 1. The normalized spacial score (nSPS) is 15.0. The Labute approximate surface area is 107 Å². The van der Waals surface area contributed by atoms with Gasteiger partial charge < -0.3 is 15.6 Å². The summed E-state index contributed by atoms with van der Waals surface area (Å²) in [5.74, 6) is -0.627. The second kappa shape index (κ2) is 5.46. The lowest BCUT2D eigenvalue weighted by atomic mass is 10.0. The molecule has 3 N–H and O–H groups in total. The van der Waals surface area contributed by atoms with Crippen molar-refractivity contribution >= 4 is 5.97 Å². The van der Waals surface area contributed by atoms with E-state index in [2.05, 4.69) is 4.98 Å². The van der Waals surface area contributed by atoms with Crippen LogP contribution in [0.4, 0.5) is 0 Å². The Kier molecular flexibility index (Phi) is 4.43. The van der Waals surface area contributed by atoms with E-state index in [-0.39, 0.29) is 0 Å². The van der Waals surface area contributed by atoms with Gasteiger partial charge in [-0.3, -0.25) is 9.78 Å². The molecule has 18 heavy (non-hydrogen) atoms. The Hall–Kier alpha value is -1.46. The van der Waals surface area contributed by atoms with Crippen molar-refractivity contribution in [3.63, 3.8) is 0 Å². The highest BCUT2D eigenvalue weighted by Crippen LogP contribution is 2.20. The molecular weight excluding hydrogens is 232 g/mol. The summed E-state index contributed by atoms with van der Waals surface area (Å²) in [5, 5.41) is 10.1. The first-order valence-corrected chi connectivity index (χ1v) is 5.80. The molecule has 5 heteroatoms. The Morgan fingerprint density at radius 1 is 1.50 bits per heavy atom. The topological polar surface area (TPSA) is 85.4 Å². The number of ether oxygens (including phenoxy) is 1. The number of pyridine rings is 1. The van der Waals surface area contributed by atoms with Crippen LogP contribution in [0.25, 0.3) is 0 Å². The highest BCUT2D eigenvalue weighted by molar-refractivity contribution is 5.77. The van der Waals surface area contributed by atoms with Crippen molar-refractivity contribution in [1.82, 2.24) is 4.98 Å². The van der Waals surface area contributed by atoms with E-state index in [1.807, 2.05) is 0 Å². The van der Waals surface area contributed by atoms with E-state index in [0.29, 0.717) is 11.3 Å². The molecule has 5 nitrogen and oxygen atoms in total. The van der Waals surface area contributed by atoms with Crippen LogP contribution in [0.2, 0.25) is 0 Å². The van der Waals surface area contributed by atoms with Crippen molar-refractivity contribution < 1.29 is 14.6 Å². The molecule has 2 atom stereocenters. The Bertz CT molecular complexity index is 426. The van der Waals surface area contributed by atoms with Gasteiger partial charge in [-0.15, -0.1) is 0 Å². The molecule has 0 radical (unpaired) electrons. The maximum Gasteiger partial charge on any atom is 0.326 e. The third-order valence-electron chi connectivity index (χ3n) is 2.39. The van der Waals surface area contributed by atoms with E-state index >= 15 is 0 Å². The van der Waals surface area contributed by atoms with Crippen LogP contribution in [0.15, 0.2) is 18.3 Å². The molecular formula is C13H20N2O3. The van der Waals surface area contributed by atoms with E-state index in [4.69, 9.17) is 10.5 Å². The van der Waals surface area contributed by atoms with Crippen LogP contribution in [0, 0.1) is 6.92 Å². The predicted octanol–water partition coefficient (Wildman–Crippen LogP) is 1.09.